The summed E-state index contributed by atoms with van der Waals surface area (Å²) in [5.74, 6) is -0.911. The standard InChI is InChI=1S/C11H14FN3O4S/c12-8-2-1-3-9(10(8)20(13,18)19)14-4-6-15(7-5-14)11(16)17/h1-3H,4-7H2,(H,16,17)(H2,13,18,19). The molecule has 20 heavy (non-hydrogen) atoms. The van der Waals surface area contributed by atoms with Crippen LogP contribution in [0.4, 0.5) is 14.9 Å². The molecular formula is C11H14FN3O4S. The van der Waals surface area contributed by atoms with Crippen LogP contribution in [0.25, 0.3) is 0 Å². The second-order valence-corrected chi connectivity index (χ2v) is 5.89. The summed E-state index contributed by atoms with van der Waals surface area (Å²) >= 11 is 0. The van der Waals surface area contributed by atoms with Gasteiger partial charge >= 0.3 is 6.09 Å². The quantitative estimate of drug-likeness (QED) is 0.816. The van der Waals surface area contributed by atoms with E-state index in [1.807, 2.05) is 0 Å². The largest absolute Gasteiger partial charge is 0.465 e. The molecule has 1 aliphatic rings. The monoisotopic (exact) mass is 303 g/mol. The molecule has 1 aromatic rings. The van der Waals surface area contributed by atoms with Crippen molar-refractivity contribution in [2.75, 3.05) is 31.1 Å². The molecule has 1 fully saturated rings. The number of hydrogen-bond donors (Lipinski definition) is 2. The molecule has 0 bridgehead atoms. The van der Waals surface area contributed by atoms with Gasteiger partial charge < -0.3 is 14.9 Å². The highest BCUT2D eigenvalue weighted by molar-refractivity contribution is 7.89. The van der Waals surface area contributed by atoms with Crippen molar-refractivity contribution in [3.63, 3.8) is 0 Å². The first-order valence-corrected chi connectivity index (χ1v) is 7.39. The highest BCUT2D eigenvalue weighted by Gasteiger charge is 2.26. The number of carboxylic acid groups (broad SMARTS) is 1. The molecular weight excluding hydrogens is 289 g/mol. The predicted molar refractivity (Wildman–Crippen MR) is 69.6 cm³/mol. The van der Waals surface area contributed by atoms with E-state index in [4.69, 9.17) is 10.2 Å². The molecule has 1 aromatic carbocycles. The summed E-state index contributed by atoms with van der Waals surface area (Å²) in [7, 11) is -4.19. The molecule has 1 amide bonds. The third-order valence-corrected chi connectivity index (χ3v) is 4.09. The van der Waals surface area contributed by atoms with Crippen LogP contribution in [0.15, 0.2) is 23.1 Å². The maximum Gasteiger partial charge on any atom is 0.407 e. The van der Waals surface area contributed by atoms with Crippen molar-refractivity contribution in [3.05, 3.63) is 24.0 Å². The average molecular weight is 303 g/mol. The number of anilines is 1. The fourth-order valence-electron chi connectivity index (χ4n) is 2.17. The Bertz CT molecular complexity index is 627. The first-order chi connectivity index (χ1) is 9.30. The molecule has 0 aromatic heterocycles. The van der Waals surface area contributed by atoms with Crippen molar-refractivity contribution in [2.24, 2.45) is 5.14 Å². The lowest BCUT2D eigenvalue weighted by molar-refractivity contribution is 0.142. The van der Waals surface area contributed by atoms with Crippen LogP contribution in [0.5, 0.6) is 0 Å². The van der Waals surface area contributed by atoms with Gasteiger partial charge in [-0.25, -0.2) is 22.7 Å². The summed E-state index contributed by atoms with van der Waals surface area (Å²) < 4.78 is 36.7. The Morgan fingerprint density at radius 3 is 2.35 bits per heavy atom. The van der Waals surface area contributed by atoms with E-state index in [9.17, 15) is 17.6 Å². The van der Waals surface area contributed by atoms with Gasteiger partial charge in [-0.3, -0.25) is 0 Å². The smallest absolute Gasteiger partial charge is 0.407 e. The fourth-order valence-corrected chi connectivity index (χ4v) is 3.00. The summed E-state index contributed by atoms with van der Waals surface area (Å²) in [5, 5.41) is 13.9. The van der Waals surface area contributed by atoms with Gasteiger partial charge in [-0.2, -0.15) is 0 Å². The van der Waals surface area contributed by atoms with Gasteiger partial charge in [0.25, 0.3) is 0 Å². The highest BCUT2D eigenvalue weighted by Crippen LogP contribution is 2.27. The van der Waals surface area contributed by atoms with Gasteiger partial charge in [-0.1, -0.05) is 6.07 Å². The Labute approximate surface area is 115 Å². The lowest BCUT2D eigenvalue weighted by Crippen LogP contribution is -2.48. The topological polar surface area (TPSA) is 104 Å². The van der Waals surface area contributed by atoms with Crippen molar-refractivity contribution in [3.8, 4) is 0 Å². The number of amides is 1. The van der Waals surface area contributed by atoms with Crippen molar-refractivity contribution < 1.29 is 22.7 Å². The number of benzene rings is 1. The zero-order valence-electron chi connectivity index (χ0n) is 10.5. The Kier molecular flexibility index (Phi) is 3.82. The van der Waals surface area contributed by atoms with Gasteiger partial charge in [0.2, 0.25) is 10.0 Å². The van der Waals surface area contributed by atoms with E-state index in [0.29, 0.717) is 0 Å². The summed E-state index contributed by atoms with van der Waals surface area (Å²) in [6.45, 7) is 0.988. The molecule has 0 spiro atoms. The summed E-state index contributed by atoms with van der Waals surface area (Å²) in [6, 6.07) is 3.87. The van der Waals surface area contributed by atoms with E-state index >= 15 is 0 Å². The van der Waals surface area contributed by atoms with Gasteiger partial charge in [0, 0.05) is 26.2 Å². The summed E-state index contributed by atoms with van der Waals surface area (Å²) in [6.07, 6.45) is -1.03. The van der Waals surface area contributed by atoms with Crippen LogP contribution in [0.3, 0.4) is 0 Å². The number of primary sulfonamides is 1. The molecule has 3 N–H and O–H groups in total. The number of carbonyl (C=O) groups is 1. The number of hydrogen-bond acceptors (Lipinski definition) is 4. The predicted octanol–water partition coefficient (Wildman–Crippen LogP) is 0.273. The number of sulfonamides is 1. The Morgan fingerprint density at radius 2 is 1.85 bits per heavy atom. The Balaban J connectivity index is 2.32. The number of rotatable bonds is 2. The zero-order valence-corrected chi connectivity index (χ0v) is 11.3. The summed E-state index contributed by atoms with van der Waals surface area (Å²) in [5.41, 5.74) is 0.164. The van der Waals surface area contributed by atoms with Crippen molar-refractivity contribution in [1.82, 2.24) is 4.90 Å². The third-order valence-electron chi connectivity index (χ3n) is 3.12. The minimum atomic E-state index is -4.19. The molecule has 2 rings (SSSR count). The maximum absolute atomic E-state index is 13.7. The van der Waals surface area contributed by atoms with Crippen molar-refractivity contribution >= 4 is 21.8 Å². The van der Waals surface area contributed by atoms with Crippen LogP contribution in [-0.2, 0) is 10.0 Å². The van der Waals surface area contributed by atoms with Gasteiger partial charge in [0.15, 0.2) is 0 Å². The SMILES string of the molecule is NS(=O)(=O)c1c(F)cccc1N1CCN(C(=O)O)CC1. The molecule has 7 nitrogen and oxygen atoms in total. The lowest BCUT2D eigenvalue weighted by Gasteiger charge is -2.35. The van der Waals surface area contributed by atoms with E-state index < -0.39 is 26.8 Å². The molecule has 0 aliphatic carbocycles. The highest BCUT2D eigenvalue weighted by atomic mass is 32.2. The molecule has 0 radical (unpaired) electrons. The normalized spacial score (nSPS) is 16.3. The van der Waals surface area contributed by atoms with Crippen LogP contribution in [-0.4, -0.2) is 50.7 Å². The lowest BCUT2D eigenvalue weighted by atomic mass is 10.2. The minimum Gasteiger partial charge on any atom is -0.465 e. The molecule has 0 unspecified atom stereocenters. The number of nitrogens with zero attached hydrogens (tertiary/aromatic N) is 2. The number of piperazine rings is 1. The Morgan fingerprint density at radius 1 is 1.25 bits per heavy atom. The molecule has 0 saturated carbocycles. The number of nitrogens with two attached hydrogens (primary N) is 1. The number of halogens is 1. The Hall–Kier alpha value is -1.87. The van der Waals surface area contributed by atoms with Gasteiger partial charge in [0.1, 0.15) is 10.7 Å². The molecule has 1 heterocycles. The molecule has 110 valence electrons. The fraction of sp³-hybridized carbons (Fsp3) is 0.364. The second-order valence-electron chi connectivity index (χ2n) is 4.39. The van der Waals surface area contributed by atoms with Crippen molar-refractivity contribution in [1.29, 1.82) is 0 Å². The first kappa shape index (κ1) is 14.5. The average Bonchev–Trinajstić information content (AvgIpc) is 2.37. The molecule has 9 heteroatoms. The van der Waals surface area contributed by atoms with E-state index in [1.165, 1.54) is 17.0 Å². The molecule has 0 atom stereocenters. The molecule has 1 saturated heterocycles. The third kappa shape index (κ3) is 2.83. The van der Waals surface area contributed by atoms with E-state index in [0.717, 1.165) is 6.07 Å². The van der Waals surface area contributed by atoms with E-state index in [-0.39, 0.29) is 31.9 Å². The van der Waals surface area contributed by atoms with Crippen LogP contribution >= 0.6 is 0 Å². The van der Waals surface area contributed by atoms with Gasteiger partial charge in [-0.05, 0) is 12.1 Å². The molecule has 1 aliphatic heterocycles. The van der Waals surface area contributed by atoms with Crippen LogP contribution in [0.1, 0.15) is 0 Å². The van der Waals surface area contributed by atoms with Crippen molar-refractivity contribution in [2.45, 2.75) is 4.90 Å². The second kappa shape index (κ2) is 5.25. The maximum atomic E-state index is 13.7. The van der Waals surface area contributed by atoms with Crippen LogP contribution in [0.2, 0.25) is 0 Å². The van der Waals surface area contributed by atoms with E-state index in [1.54, 1.807) is 4.90 Å². The first-order valence-electron chi connectivity index (χ1n) is 5.85. The van der Waals surface area contributed by atoms with Crippen LogP contribution < -0.4 is 10.0 Å². The van der Waals surface area contributed by atoms with Gasteiger partial charge in [0.05, 0.1) is 5.69 Å². The zero-order chi connectivity index (χ0) is 14.9. The van der Waals surface area contributed by atoms with E-state index in [2.05, 4.69) is 0 Å². The summed E-state index contributed by atoms with van der Waals surface area (Å²) in [4.78, 5) is 13.1. The van der Waals surface area contributed by atoms with Crippen LogP contribution in [0, 0.1) is 5.82 Å². The minimum absolute atomic E-state index is 0.164. The van der Waals surface area contributed by atoms with Gasteiger partial charge in [-0.15, -0.1) is 0 Å².